The molecule has 1 unspecified atom stereocenters. The van der Waals surface area contributed by atoms with Gasteiger partial charge in [-0.25, -0.2) is 0 Å². The molecule has 0 nitrogen and oxygen atoms in total. The largest absolute Gasteiger partial charge is 0.118 e. The van der Waals surface area contributed by atoms with Crippen LogP contribution < -0.4 is 0 Å². The lowest BCUT2D eigenvalue weighted by Gasteiger charge is -2.13. The molecule has 1 aromatic rings. The number of unbranched alkanes of at least 4 members (excludes halogenated alkanes) is 1. The SMILES string of the molecule is CCCCc1ccc(C(Cl)C(C)C)cc1. The average molecular weight is 225 g/mol. The second-order valence-electron chi connectivity index (χ2n) is 4.49. The molecule has 1 heteroatoms. The lowest BCUT2D eigenvalue weighted by Crippen LogP contribution is -1.99. The molecule has 0 amide bonds. The van der Waals surface area contributed by atoms with Gasteiger partial charge >= 0.3 is 0 Å². The van der Waals surface area contributed by atoms with E-state index < -0.39 is 0 Å². The van der Waals surface area contributed by atoms with Crippen LogP contribution in [0.25, 0.3) is 0 Å². The fraction of sp³-hybridized carbons (Fsp3) is 0.571. The van der Waals surface area contributed by atoms with Crippen molar-refractivity contribution in [2.45, 2.75) is 45.4 Å². The Labute approximate surface area is 98.7 Å². The molecule has 1 atom stereocenters. The number of halogens is 1. The third-order valence-electron chi connectivity index (χ3n) is 2.70. The molecule has 0 saturated heterocycles. The van der Waals surface area contributed by atoms with Gasteiger partial charge in [-0.15, -0.1) is 11.6 Å². The van der Waals surface area contributed by atoms with Crippen molar-refractivity contribution in [1.29, 1.82) is 0 Å². The molecule has 0 N–H and O–H groups in total. The second kappa shape index (κ2) is 6.17. The van der Waals surface area contributed by atoms with Gasteiger partial charge in [0, 0.05) is 0 Å². The van der Waals surface area contributed by atoms with Crippen molar-refractivity contribution in [1.82, 2.24) is 0 Å². The Balaban J connectivity index is 2.63. The third kappa shape index (κ3) is 3.87. The van der Waals surface area contributed by atoms with Crippen molar-refractivity contribution in [2.24, 2.45) is 5.92 Å². The maximum absolute atomic E-state index is 6.30. The van der Waals surface area contributed by atoms with Gasteiger partial charge in [0.15, 0.2) is 0 Å². The summed E-state index contributed by atoms with van der Waals surface area (Å²) in [6, 6.07) is 8.76. The van der Waals surface area contributed by atoms with Gasteiger partial charge in [0.2, 0.25) is 0 Å². The molecule has 0 aliphatic rings. The molecule has 0 bridgehead atoms. The van der Waals surface area contributed by atoms with E-state index in [1.165, 1.54) is 30.4 Å². The first-order valence-electron chi connectivity index (χ1n) is 5.88. The predicted octanol–water partition coefficient (Wildman–Crippen LogP) is 4.97. The summed E-state index contributed by atoms with van der Waals surface area (Å²) in [5.74, 6) is 0.494. The second-order valence-corrected chi connectivity index (χ2v) is 4.96. The highest BCUT2D eigenvalue weighted by Gasteiger charge is 2.11. The molecule has 1 aromatic carbocycles. The topological polar surface area (TPSA) is 0 Å². The highest BCUT2D eigenvalue weighted by atomic mass is 35.5. The first-order chi connectivity index (χ1) is 7.15. The standard InChI is InChI=1S/C14H21Cl/c1-4-5-6-12-7-9-13(10-8-12)14(15)11(2)3/h7-11,14H,4-6H2,1-3H3. The van der Waals surface area contributed by atoms with Gasteiger partial charge in [-0.2, -0.15) is 0 Å². The van der Waals surface area contributed by atoms with E-state index in [1.807, 2.05) is 0 Å². The van der Waals surface area contributed by atoms with Crippen molar-refractivity contribution in [3.8, 4) is 0 Å². The Morgan fingerprint density at radius 3 is 2.20 bits per heavy atom. The molecule has 0 aliphatic heterocycles. The number of hydrogen-bond acceptors (Lipinski definition) is 0. The van der Waals surface area contributed by atoms with Crippen molar-refractivity contribution in [3.63, 3.8) is 0 Å². The van der Waals surface area contributed by atoms with Crippen molar-refractivity contribution in [2.75, 3.05) is 0 Å². The van der Waals surface area contributed by atoms with Crippen LogP contribution in [0.5, 0.6) is 0 Å². The van der Waals surface area contributed by atoms with Crippen LogP contribution in [0, 0.1) is 5.92 Å². The minimum atomic E-state index is 0.144. The quantitative estimate of drug-likeness (QED) is 0.620. The van der Waals surface area contributed by atoms with Crippen LogP contribution in [0.4, 0.5) is 0 Å². The Morgan fingerprint density at radius 2 is 1.73 bits per heavy atom. The fourth-order valence-electron chi connectivity index (χ4n) is 1.63. The molecule has 84 valence electrons. The van der Waals surface area contributed by atoms with Gasteiger partial charge in [0.25, 0.3) is 0 Å². The van der Waals surface area contributed by atoms with E-state index in [0.717, 1.165) is 0 Å². The zero-order valence-corrected chi connectivity index (χ0v) is 10.7. The van der Waals surface area contributed by atoms with Gasteiger partial charge in [0.1, 0.15) is 0 Å². The summed E-state index contributed by atoms with van der Waals surface area (Å²) < 4.78 is 0. The average Bonchev–Trinajstić information content (AvgIpc) is 2.26. The lowest BCUT2D eigenvalue weighted by atomic mass is 10.00. The molecule has 0 spiro atoms. The highest BCUT2D eigenvalue weighted by molar-refractivity contribution is 6.20. The number of rotatable bonds is 5. The minimum Gasteiger partial charge on any atom is -0.118 e. The third-order valence-corrected chi connectivity index (χ3v) is 3.46. The number of aryl methyl sites for hydroxylation is 1. The van der Waals surface area contributed by atoms with E-state index >= 15 is 0 Å². The first-order valence-corrected chi connectivity index (χ1v) is 6.31. The van der Waals surface area contributed by atoms with E-state index in [0.29, 0.717) is 5.92 Å². The summed E-state index contributed by atoms with van der Waals surface area (Å²) in [5.41, 5.74) is 2.67. The molecule has 0 aromatic heterocycles. The minimum absolute atomic E-state index is 0.144. The summed E-state index contributed by atoms with van der Waals surface area (Å²) >= 11 is 6.30. The Morgan fingerprint density at radius 1 is 1.13 bits per heavy atom. The normalized spacial score (nSPS) is 13.1. The molecular formula is C14H21Cl. The van der Waals surface area contributed by atoms with Gasteiger partial charge in [-0.3, -0.25) is 0 Å². The van der Waals surface area contributed by atoms with Crippen LogP contribution in [0.15, 0.2) is 24.3 Å². The molecule has 0 radical (unpaired) electrons. The summed E-state index contributed by atoms with van der Waals surface area (Å²) in [4.78, 5) is 0. The van der Waals surface area contributed by atoms with Crippen molar-refractivity contribution < 1.29 is 0 Å². The highest BCUT2D eigenvalue weighted by Crippen LogP contribution is 2.28. The van der Waals surface area contributed by atoms with Gasteiger partial charge < -0.3 is 0 Å². The van der Waals surface area contributed by atoms with Crippen LogP contribution in [0.2, 0.25) is 0 Å². The number of alkyl halides is 1. The van der Waals surface area contributed by atoms with Gasteiger partial charge in [-0.05, 0) is 29.9 Å². The zero-order valence-electron chi connectivity index (χ0n) is 9.96. The van der Waals surface area contributed by atoms with Crippen molar-refractivity contribution in [3.05, 3.63) is 35.4 Å². The van der Waals surface area contributed by atoms with Crippen LogP contribution in [-0.4, -0.2) is 0 Å². The molecule has 0 aliphatic carbocycles. The zero-order chi connectivity index (χ0) is 11.3. The van der Waals surface area contributed by atoms with Crippen LogP contribution in [0.1, 0.15) is 50.1 Å². The van der Waals surface area contributed by atoms with E-state index in [9.17, 15) is 0 Å². The number of hydrogen-bond donors (Lipinski definition) is 0. The summed E-state index contributed by atoms with van der Waals surface area (Å²) in [7, 11) is 0. The maximum atomic E-state index is 6.30. The summed E-state index contributed by atoms with van der Waals surface area (Å²) in [6.45, 7) is 6.53. The molecule has 15 heavy (non-hydrogen) atoms. The molecule has 0 fully saturated rings. The van der Waals surface area contributed by atoms with E-state index in [4.69, 9.17) is 11.6 Å². The molecule has 0 heterocycles. The Bertz CT molecular complexity index is 274. The van der Waals surface area contributed by atoms with Gasteiger partial charge in [-0.1, -0.05) is 51.5 Å². The molecule has 0 saturated carbocycles. The fourth-order valence-corrected chi connectivity index (χ4v) is 1.78. The van der Waals surface area contributed by atoms with Gasteiger partial charge in [0.05, 0.1) is 5.38 Å². The smallest absolute Gasteiger partial charge is 0.0608 e. The summed E-state index contributed by atoms with van der Waals surface area (Å²) in [5, 5.41) is 0.144. The van der Waals surface area contributed by atoms with E-state index in [1.54, 1.807) is 0 Å². The van der Waals surface area contributed by atoms with Crippen LogP contribution in [0.3, 0.4) is 0 Å². The summed E-state index contributed by atoms with van der Waals surface area (Å²) in [6.07, 6.45) is 3.71. The lowest BCUT2D eigenvalue weighted by molar-refractivity contribution is 0.624. The molecule has 1 rings (SSSR count). The Hall–Kier alpha value is -0.490. The first kappa shape index (κ1) is 12.6. The van der Waals surface area contributed by atoms with Crippen LogP contribution in [-0.2, 0) is 6.42 Å². The van der Waals surface area contributed by atoms with E-state index in [-0.39, 0.29) is 5.38 Å². The van der Waals surface area contributed by atoms with Crippen LogP contribution >= 0.6 is 11.6 Å². The number of benzene rings is 1. The molecular weight excluding hydrogens is 204 g/mol. The Kier molecular flexibility index (Phi) is 5.17. The van der Waals surface area contributed by atoms with E-state index in [2.05, 4.69) is 45.0 Å². The maximum Gasteiger partial charge on any atom is 0.0608 e. The predicted molar refractivity (Wildman–Crippen MR) is 68.5 cm³/mol. The van der Waals surface area contributed by atoms with Crippen molar-refractivity contribution >= 4 is 11.6 Å². The monoisotopic (exact) mass is 224 g/mol.